The smallest absolute Gasteiger partial charge is 0.213 e. The average Bonchev–Trinajstić information content (AvgIpc) is 2.82. The van der Waals surface area contributed by atoms with E-state index in [1.807, 2.05) is 17.5 Å². The molecule has 0 aromatic carbocycles. The fourth-order valence-corrected chi connectivity index (χ4v) is 2.71. The minimum absolute atomic E-state index is 0.780. The first kappa shape index (κ1) is 8.94. The number of thiophene rings is 1. The van der Waals surface area contributed by atoms with Gasteiger partial charge in [-0.05, 0) is 30.5 Å². The Labute approximate surface area is 91.3 Å². The third-order valence-electron chi connectivity index (χ3n) is 2.67. The van der Waals surface area contributed by atoms with Crippen LogP contribution in [0.5, 0.6) is 0 Å². The van der Waals surface area contributed by atoms with Crippen LogP contribution in [0.15, 0.2) is 23.7 Å². The molecule has 3 rings (SSSR count). The van der Waals surface area contributed by atoms with Gasteiger partial charge >= 0.3 is 0 Å². The van der Waals surface area contributed by atoms with Crippen molar-refractivity contribution < 1.29 is 4.85 Å². The predicted octanol–water partition coefficient (Wildman–Crippen LogP) is 0.818. The Balaban J connectivity index is 2.18. The predicted molar refractivity (Wildman–Crippen MR) is 58.0 cm³/mol. The summed E-state index contributed by atoms with van der Waals surface area (Å²) < 4.78 is 1.74. The van der Waals surface area contributed by atoms with Gasteiger partial charge < -0.3 is 10.5 Å². The third-order valence-corrected chi connectivity index (χ3v) is 3.51. The van der Waals surface area contributed by atoms with Crippen LogP contribution >= 0.6 is 11.3 Å². The first-order chi connectivity index (χ1) is 7.36. The highest BCUT2D eigenvalue weighted by atomic mass is 32.1. The lowest BCUT2D eigenvalue weighted by Crippen LogP contribution is -2.36. The molecule has 0 atom stereocenters. The molecule has 0 spiro atoms. The lowest BCUT2D eigenvalue weighted by molar-refractivity contribution is -0.684. The second-order valence-corrected chi connectivity index (χ2v) is 4.52. The fourth-order valence-electron chi connectivity index (χ4n) is 1.97. The van der Waals surface area contributed by atoms with Gasteiger partial charge in [-0.15, -0.1) is 16.0 Å². The van der Waals surface area contributed by atoms with E-state index in [0.29, 0.717) is 0 Å². The summed E-state index contributed by atoms with van der Waals surface area (Å²) in [7, 11) is 0. The number of nitrogens with one attached hydrogen (secondary N) is 1. The summed E-state index contributed by atoms with van der Waals surface area (Å²) in [5, 5.41) is 18.0. The molecule has 2 aromatic rings. The second-order valence-electron chi connectivity index (χ2n) is 3.59. The maximum absolute atomic E-state index is 11.8. The summed E-state index contributed by atoms with van der Waals surface area (Å²) in [6, 6.07) is 3.93. The van der Waals surface area contributed by atoms with Crippen molar-refractivity contribution in [1.82, 2.24) is 10.00 Å². The Morgan fingerprint density at radius 2 is 2.47 bits per heavy atom. The minimum Gasteiger partial charge on any atom is -0.596 e. The zero-order chi connectivity index (χ0) is 10.3. The van der Waals surface area contributed by atoms with Gasteiger partial charge in [-0.1, -0.05) is 4.85 Å². The van der Waals surface area contributed by atoms with E-state index in [2.05, 4.69) is 5.32 Å². The Morgan fingerprint density at radius 3 is 3.27 bits per heavy atom. The largest absolute Gasteiger partial charge is 0.596 e. The summed E-state index contributed by atoms with van der Waals surface area (Å²) >= 11 is 1.58. The topological polar surface area (TPSA) is 43.9 Å². The van der Waals surface area contributed by atoms with E-state index in [-0.39, 0.29) is 0 Å². The normalized spacial score (nSPS) is 15.2. The molecule has 0 amide bonds. The molecule has 1 aliphatic rings. The molecule has 0 aliphatic carbocycles. The molecule has 78 valence electrons. The van der Waals surface area contributed by atoms with Crippen molar-refractivity contribution in [3.63, 3.8) is 0 Å². The summed E-state index contributed by atoms with van der Waals surface area (Å²) in [6.07, 6.45) is 2.63. The fraction of sp³-hybridized carbons (Fsp3) is 0.300. The molecule has 2 aromatic heterocycles. The molecular formula is C10H11N3OS. The first-order valence-corrected chi connectivity index (χ1v) is 5.82. The SMILES string of the molecule is [O-][n+]1cc2c(n1-c1cccs1)CNCC2. The lowest BCUT2D eigenvalue weighted by atomic mass is 10.1. The van der Waals surface area contributed by atoms with Gasteiger partial charge in [0.1, 0.15) is 5.69 Å². The zero-order valence-electron chi connectivity index (χ0n) is 8.14. The minimum atomic E-state index is 0.780. The van der Waals surface area contributed by atoms with Gasteiger partial charge in [-0.25, -0.2) is 0 Å². The molecule has 3 heterocycles. The van der Waals surface area contributed by atoms with Gasteiger partial charge in [0, 0.05) is 12.1 Å². The monoisotopic (exact) mass is 221 g/mol. The van der Waals surface area contributed by atoms with Crippen LogP contribution in [0.1, 0.15) is 11.3 Å². The number of rotatable bonds is 1. The molecule has 0 bridgehead atoms. The van der Waals surface area contributed by atoms with Crippen LogP contribution in [0.4, 0.5) is 0 Å². The Kier molecular flexibility index (Phi) is 2.00. The third kappa shape index (κ3) is 1.35. The van der Waals surface area contributed by atoms with Gasteiger partial charge in [-0.2, -0.15) is 0 Å². The summed E-state index contributed by atoms with van der Waals surface area (Å²) in [4.78, 5) is 0.934. The van der Waals surface area contributed by atoms with Crippen LogP contribution < -0.4 is 10.2 Å². The van der Waals surface area contributed by atoms with E-state index in [0.717, 1.165) is 40.6 Å². The Bertz CT molecular complexity index is 475. The van der Waals surface area contributed by atoms with Crippen molar-refractivity contribution in [2.75, 3.05) is 6.54 Å². The highest BCUT2D eigenvalue weighted by Crippen LogP contribution is 2.19. The molecule has 0 saturated heterocycles. The molecule has 5 heteroatoms. The molecule has 0 fully saturated rings. The van der Waals surface area contributed by atoms with Crippen molar-refractivity contribution in [3.05, 3.63) is 40.2 Å². The second kappa shape index (κ2) is 3.36. The molecule has 0 saturated carbocycles. The van der Waals surface area contributed by atoms with Crippen molar-refractivity contribution >= 4 is 11.3 Å². The van der Waals surface area contributed by atoms with Crippen LogP contribution in [0, 0.1) is 5.21 Å². The number of aromatic nitrogens is 2. The summed E-state index contributed by atoms with van der Waals surface area (Å²) in [5.41, 5.74) is 2.26. The van der Waals surface area contributed by atoms with E-state index in [9.17, 15) is 5.21 Å². The van der Waals surface area contributed by atoms with E-state index >= 15 is 0 Å². The number of hydrogen-bond acceptors (Lipinski definition) is 3. The maximum Gasteiger partial charge on any atom is 0.213 e. The summed E-state index contributed by atoms with van der Waals surface area (Å²) in [6.45, 7) is 1.74. The first-order valence-electron chi connectivity index (χ1n) is 4.94. The van der Waals surface area contributed by atoms with E-state index in [1.54, 1.807) is 22.2 Å². The molecule has 15 heavy (non-hydrogen) atoms. The summed E-state index contributed by atoms with van der Waals surface area (Å²) in [5.74, 6) is 0. The number of fused-ring (bicyclic) bond motifs is 1. The van der Waals surface area contributed by atoms with Gasteiger partial charge in [0.05, 0.1) is 0 Å². The highest BCUT2D eigenvalue weighted by molar-refractivity contribution is 7.12. The van der Waals surface area contributed by atoms with Crippen molar-refractivity contribution in [1.29, 1.82) is 0 Å². The van der Waals surface area contributed by atoms with Gasteiger partial charge in [0.25, 0.3) is 0 Å². The molecule has 1 aliphatic heterocycles. The molecule has 0 radical (unpaired) electrons. The van der Waals surface area contributed by atoms with Crippen molar-refractivity contribution in [2.24, 2.45) is 0 Å². The van der Waals surface area contributed by atoms with Crippen LogP contribution in [0.3, 0.4) is 0 Å². The zero-order valence-corrected chi connectivity index (χ0v) is 8.96. The van der Waals surface area contributed by atoms with E-state index < -0.39 is 0 Å². The standard InChI is InChI=1S/C10H11N3OS/c14-12-7-8-3-4-11-6-9(8)13(12)10-2-1-5-15-10/h1-2,5,7,11H,3-4,6H2. The van der Waals surface area contributed by atoms with Gasteiger partial charge in [-0.3, -0.25) is 0 Å². The number of hydrogen-bond donors (Lipinski definition) is 1. The molecule has 0 unspecified atom stereocenters. The van der Waals surface area contributed by atoms with Crippen molar-refractivity contribution in [3.8, 4) is 5.00 Å². The number of nitrogens with zero attached hydrogens (tertiary/aromatic N) is 2. The van der Waals surface area contributed by atoms with Crippen LogP contribution in [0.25, 0.3) is 5.00 Å². The van der Waals surface area contributed by atoms with E-state index in [4.69, 9.17) is 0 Å². The van der Waals surface area contributed by atoms with E-state index in [1.165, 1.54) is 0 Å². The Morgan fingerprint density at radius 1 is 1.53 bits per heavy atom. The van der Waals surface area contributed by atoms with Crippen LogP contribution in [-0.2, 0) is 13.0 Å². The average molecular weight is 221 g/mol. The molecule has 4 nitrogen and oxygen atoms in total. The van der Waals surface area contributed by atoms with Crippen molar-refractivity contribution in [2.45, 2.75) is 13.0 Å². The van der Waals surface area contributed by atoms with Gasteiger partial charge in [0.15, 0.2) is 5.00 Å². The Hall–Kier alpha value is -1.33. The highest BCUT2D eigenvalue weighted by Gasteiger charge is 2.22. The molecular weight excluding hydrogens is 210 g/mol. The lowest BCUT2D eigenvalue weighted by Gasteiger charge is -2.11. The van der Waals surface area contributed by atoms with Crippen LogP contribution in [-0.4, -0.2) is 11.2 Å². The maximum atomic E-state index is 11.8. The molecule has 1 N–H and O–H groups in total. The van der Waals surface area contributed by atoms with Crippen LogP contribution in [0.2, 0.25) is 0 Å². The quantitative estimate of drug-likeness (QED) is 0.572. The van der Waals surface area contributed by atoms with Gasteiger partial charge in [0.2, 0.25) is 6.20 Å².